The minimum Gasteiger partial charge on any atom is -0.309 e. The number of thiophene rings is 1. The molecule has 53 heavy (non-hydrogen) atoms. The van der Waals surface area contributed by atoms with Gasteiger partial charge in [0.05, 0.1) is 33.7 Å². The minimum atomic E-state index is 0.659. The van der Waals surface area contributed by atoms with Gasteiger partial charge in [0.2, 0.25) is 0 Å². The Morgan fingerprint density at radius 1 is 0.396 bits per heavy atom. The summed E-state index contributed by atoms with van der Waals surface area (Å²) in [7, 11) is 0. The molecule has 3 heterocycles. The van der Waals surface area contributed by atoms with Crippen molar-refractivity contribution >= 4 is 75.1 Å². The summed E-state index contributed by atoms with van der Waals surface area (Å²) in [5.74, 6) is 0. The van der Waals surface area contributed by atoms with Crippen LogP contribution in [0.2, 0.25) is 0 Å². The Bertz CT molecular complexity index is 3280. The van der Waals surface area contributed by atoms with Crippen molar-refractivity contribution in [3.8, 4) is 39.7 Å². The van der Waals surface area contributed by atoms with Crippen molar-refractivity contribution in [3.05, 3.63) is 181 Å². The van der Waals surface area contributed by atoms with Gasteiger partial charge in [0, 0.05) is 53.1 Å². The van der Waals surface area contributed by atoms with E-state index in [1.54, 1.807) is 0 Å². The molecule has 0 radical (unpaired) electrons. The maximum atomic E-state index is 9.37. The molecule has 3 aromatic heterocycles. The molecule has 0 saturated carbocycles. The molecule has 0 unspecified atom stereocenters. The zero-order valence-corrected chi connectivity index (χ0v) is 29.3. The number of aromatic nitrogens is 2. The minimum absolute atomic E-state index is 0.659. The van der Waals surface area contributed by atoms with E-state index in [0.717, 1.165) is 22.4 Å². The summed E-state index contributed by atoms with van der Waals surface area (Å²) in [5.41, 5.74) is 12.4. The Hall–Kier alpha value is -6.93. The summed E-state index contributed by atoms with van der Waals surface area (Å²) in [4.78, 5) is 0. The van der Waals surface area contributed by atoms with Crippen LogP contribution in [0, 0.1) is 11.3 Å². The van der Waals surface area contributed by atoms with E-state index in [-0.39, 0.29) is 0 Å². The van der Waals surface area contributed by atoms with E-state index in [1.807, 2.05) is 35.6 Å². The van der Waals surface area contributed by atoms with Crippen molar-refractivity contribution in [1.29, 1.82) is 5.26 Å². The van der Waals surface area contributed by atoms with E-state index >= 15 is 0 Å². The fraction of sp³-hybridized carbons (Fsp3) is 0. The first-order valence-corrected chi connectivity index (χ1v) is 18.6. The summed E-state index contributed by atoms with van der Waals surface area (Å²) in [6.45, 7) is 0. The first-order valence-electron chi connectivity index (χ1n) is 17.8. The molecule has 0 fully saturated rings. The topological polar surface area (TPSA) is 33.6 Å². The Morgan fingerprint density at radius 2 is 0.887 bits per heavy atom. The highest BCUT2D eigenvalue weighted by Crippen LogP contribution is 2.41. The lowest BCUT2D eigenvalue weighted by molar-refractivity contribution is 1.18. The van der Waals surface area contributed by atoms with Crippen molar-refractivity contribution in [1.82, 2.24) is 9.13 Å². The molecule has 0 aliphatic carbocycles. The van der Waals surface area contributed by atoms with Gasteiger partial charge in [-0.3, -0.25) is 0 Å². The molecule has 8 aromatic carbocycles. The lowest BCUT2D eigenvalue weighted by atomic mass is 9.99. The number of para-hydroxylation sites is 2. The van der Waals surface area contributed by atoms with Crippen molar-refractivity contribution < 1.29 is 0 Å². The predicted octanol–water partition coefficient (Wildman–Crippen LogP) is 13.5. The lowest BCUT2D eigenvalue weighted by Gasteiger charge is -2.11. The van der Waals surface area contributed by atoms with Crippen LogP contribution < -0.4 is 0 Å². The molecule has 0 amide bonds. The average Bonchev–Trinajstić information content (AvgIpc) is 3.88. The average molecular weight is 692 g/mol. The smallest absolute Gasteiger partial charge is 0.0991 e. The lowest BCUT2D eigenvalue weighted by Crippen LogP contribution is -1.94. The largest absolute Gasteiger partial charge is 0.309 e. The third-order valence-electron chi connectivity index (χ3n) is 10.8. The molecule has 0 saturated heterocycles. The second kappa shape index (κ2) is 11.5. The van der Waals surface area contributed by atoms with E-state index in [9.17, 15) is 5.26 Å². The van der Waals surface area contributed by atoms with Gasteiger partial charge in [-0.15, -0.1) is 11.3 Å². The summed E-state index contributed by atoms with van der Waals surface area (Å²) < 4.78 is 7.33. The molecule has 0 bridgehead atoms. The van der Waals surface area contributed by atoms with Crippen LogP contribution in [0.25, 0.3) is 97.4 Å². The van der Waals surface area contributed by atoms with Crippen LogP contribution in [0.5, 0.6) is 0 Å². The van der Waals surface area contributed by atoms with Gasteiger partial charge in [-0.25, -0.2) is 0 Å². The van der Waals surface area contributed by atoms with Gasteiger partial charge in [-0.1, -0.05) is 91.0 Å². The summed E-state index contributed by atoms with van der Waals surface area (Å²) >= 11 is 1.86. The van der Waals surface area contributed by atoms with Gasteiger partial charge < -0.3 is 9.13 Å². The third-order valence-corrected chi connectivity index (χ3v) is 11.9. The van der Waals surface area contributed by atoms with E-state index in [0.29, 0.717) is 5.56 Å². The first-order chi connectivity index (χ1) is 26.2. The number of nitriles is 1. The maximum absolute atomic E-state index is 9.37. The van der Waals surface area contributed by atoms with Gasteiger partial charge >= 0.3 is 0 Å². The molecular formula is C49H29N3S. The zero-order chi connectivity index (χ0) is 35.0. The zero-order valence-electron chi connectivity index (χ0n) is 28.5. The molecule has 11 aromatic rings. The number of benzene rings is 8. The van der Waals surface area contributed by atoms with Crippen molar-refractivity contribution in [2.45, 2.75) is 0 Å². The molecule has 0 atom stereocenters. The normalized spacial score (nSPS) is 11.8. The van der Waals surface area contributed by atoms with Gasteiger partial charge in [0.25, 0.3) is 0 Å². The molecule has 0 spiro atoms. The SMILES string of the molecule is N#Cc1ccc(-n2c3ccccc3c3cc(-c4ccc5c(c4)c4ccccc4n5-c4ccc(-c5cccc6sc7ccccc7c56)cc4)ccc32)cc1. The molecule has 3 nitrogen and oxygen atoms in total. The summed E-state index contributed by atoms with van der Waals surface area (Å²) in [5, 5.41) is 16.9. The van der Waals surface area contributed by atoms with E-state index in [1.165, 1.54) is 75.0 Å². The van der Waals surface area contributed by atoms with E-state index < -0.39 is 0 Å². The highest BCUT2D eigenvalue weighted by atomic mass is 32.1. The Kier molecular flexibility index (Phi) is 6.48. The Labute approximate surface area is 309 Å². The van der Waals surface area contributed by atoms with Crippen LogP contribution in [-0.2, 0) is 0 Å². The number of hydrogen-bond acceptors (Lipinski definition) is 2. The molecule has 4 heteroatoms. The fourth-order valence-electron chi connectivity index (χ4n) is 8.35. The first kappa shape index (κ1) is 29.8. The van der Waals surface area contributed by atoms with Gasteiger partial charge in [-0.2, -0.15) is 5.26 Å². The van der Waals surface area contributed by atoms with Gasteiger partial charge in [-0.05, 0) is 107 Å². The molecular weight excluding hydrogens is 663 g/mol. The summed E-state index contributed by atoms with van der Waals surface area (Å²) in [6.07, 6.45) is 0. The second-order valence-corrected chi connectivity index (χ2v) is 14.7. The highest BCUT2D eigenvalue weighted by molar-refractivity contribution is 7.25. The standard InChI is InChI=1S/C49H29N3S/c50-30-31-16-22-35(23-17-31)51-43-12-4-1-8-38(43)41-28-33(20-26-45(41)51)34-21-27-46-42(29-34)39-9-2-5-13-44(39)52(46)36-24-18-32(19-25-36)37-11-7-15-48-49(37)40-10-3-6-14-47(40)53-48/h1-29H. The monoisotopic (exact) mass is 691 g/mol. The number of rotatable bonds is 4. The van der Waals surface area contributed by atoms with Gasteiger partial charge in [0.15, 0.2) is 0 Å². The van der Waals surface area contributed by atoms with Crippen molar-refractivity contribution in [3.63, 3.8) is 0 Å². The molecule has 246 valence electrons. The van der Waals surface area contributed by atoms with Crippen LogP contribution in [-0.4, -0.2) is 9.13 Å². The highest BCUT2D eigenvalue weighted by Gasteiger charge is 2.17. The van der Waals surface area contributed by atoms with Crippen LogP contribution in [0.15, 0.2) is 176 Å². The van der Waals surface area contributed by atoms with Crippen LogP contribution in [0.4, 0.5) is 0 Å². The molecule has 11 rings (SSSR count). The molecule has 0 N–H and O–H groups in total. The van der Waals surface area contributed by atoms with Crippen molar-refractivity contribution in [2.24, 2.45) is 0 Å². The van der Waals surface area contributed by atoms with Crippen LogP contribution in [0.1, 0.15) is 5.56 Å². The van der Waals surface area contributed by atoms with Crippen LogP contribution >= 0.6 is 11.3 Å². The number of nitrogens with zero attached hydrogens (tertiary/aromatic N) is 3. The maximum Gasteiger partial charge on any atom is 0.0991 e. The number of hydrogen-bond donors (Lipinski definition) is 0. The third kappa shape index (κ3) is 4.52. The fourth-order valence-corrected chi connectivity index (χ4v) is 9.48. The summed E-state index contributed by atoms with van der Waals surface area (Å²) in [6, 6.07) is 65.5. The predicted molar refractivity (Wildman–Crippen MR) is 224 cm³/mol. The quantitative estimate of drug-likeness (QED) is 0.181. The Balaban J connectivity index is 1.03. The van der Waals surface area contributed by atoms with E-state index in [2.05, 4.69) is 167 Å². The Morgan fingerprint density at radius 3 is 1.49 bits per heavy atom. The van der Waals surface area contributed by atoms with Crippen LogP contribution in [0.3, 0.4) is 0 Å². The molecule has 0 aliphatic rings. The number of fused-ring (bicyclic) bond motifs is 9. The van der Waals surface area contributed by atoms with Crippen molar-refractivity contribution in [2.75, 3.05) is 0 Å². The molecule has 0 aliphatic heterocycles. The second-order valence-electron chi connectivity index (χ2n) is 13.7. The van der Waals surface area contributed by atoms with E-state index in [4.69, 9.17) is 0 Å². The van der Waals surface area contributed by atoms with Gasteiger partial charge in [0.1, 0.15) is 0 Å².